The van der Waals surface area contributed by atoms with E-state index < -0.39 is 0 Å². The summed E-state index contributed by atoms with van der Waals surface area (Å²) in [5.74, 6) is 0.926. The van der Waals surface area contributed by atoms with Crippen LogP contribution in [0.15, 0.2) is 24.3 Å². The Kier molecular flexibility index (Phi) is 4.12. The maximum atomic E-state index is 4.87. The van der Waals surface area contributed by atoms with Crippen LogP contribution in [-0.2, 0) is 5.75 Å². The molecule has 1 aromatic carbocycles. The van der Waals surface area contributed by atoms with Crippen LogP contribution in [0.2, 0.25) is 0 Å². The molecule has 0 atom stereocenters. The Bertz CT molecular complexity index is 281. The molecule has 64 valence electrons. The number of thioether (sulfide) groups is 1. The van der Waals surface area contributed by atoms with Crippen molar-refractivity contribution in [3.05, 3.63) is 35.4 Å². The third-order valence-electron chi connectivity index (χ3n) is 1.61. The highest BCUT2D eigenvalue weighted by Crippen LogP contribution is 2.18. The van der Waals surface area contributed by atoms with Gasteiger partial charge in [-0.2, -0.15) is 0 Å². The smallest absolute Gasteiger partial charge is 0.101 e. The Morgan fingerprint density at radius 3 is 2.75 bits per heavy atom. The molecule has 1 rings (SSSR count). The van der Waals surface area contributed by atoms with Crippen molar-refractivity contribution in [1.82, 2.24) is 0 Å². The minimum absolute atomic E-state index is 0.707. The molecule has 0 aliphatic heterocycles. The summed E-state index contributed by atoms with van der Waals surface area (Å²) < 4.78 is 0.707. The van der Waals surface area contributed by atoms with Gasteiger partial charge in [-0.3, -0.25) is 0 Å². The van der Waals surface area contributed by atoms with E-state index >= 15 is 0 Å². The van der Waals surface area contributed by atoms with Crippen molar-refractivity contribution < 1.29 is 0 Å². The largest absolute Gasteiger partial charge is 0.125 e. The summed E-state index contributed by atoms with van der Waals surface area (Å²) in [6.07, 6.45) is 0. The van der Waals surface area contributed by atoms with Crippen molar-refractivity contribution in [2.45, 2.75) is 12.7 Å². The number of hydrogen-bond acceptors (Lipinski definition) is 2. The van der Waals surface area contributed by atoms with E-state index in [4.69, 9.17) is 12.2 Å². The van der Waals surface area contributed by atoms with Crippen molar-refractivity contribution in [2.75, 3.05) is 0 Å². The molecular weight excluding hydrogens is 204 g/mol. The molecule has 0 saturated carbocycles. The fraction of sp³-hybridized carbons (Fsp3) is 0.222. The first-order valence-corrected chi connectivity index (χ1v) is 5.44. The molecule has 0 N–H and O–H groups in total. The van der Waals surface area contributed by atoms with E-state index in [1.54, 1.807) is 11.8 Å². The fourth-order valence-corrected chi connectivity index (χ4v) is 1.88. The van der Waals surface area contributed by atoms with E-state index in [2.05, 4.69) is 31.7 Å². The van der Waals surface area contributed by atoms with Gasteiger partial charge in [0.25, 0.3) is 0 Å². The molecule has 1 aromatic rings. The van der Waals surface area contributed by atoms with Gasteiger partial charge in [0, 0.05) is 5.75 Å². The van der Waals surface area contributed by atoms with Crippen LogP contribution in [0.25, 0.3) is 0 Å². The van der Waals surface area contributed by atoms with Gasteiger partial charge in [0.1, 0.15) is 3.53 Å². The van der Waals surface area contributed by atoms with Crippen LogP contribution < -0.4 is 0 Å². The van der Waals surface area contributed by atoms with Crippen LogP contribution in [0.5, 0.6) is 0 Å². The van der Waals surface area contributed by atoms with Gasteiger partial charge < -0.3 is 0 Å². The van der Waals surface area contributed by atoms with E-state index in [9.17, 15) is 0 Å². The molecule has 0 nitrogen and oxygen atoms in total. The summed E-state index contributed by atoms with van der Waals surface area (Å²) in [5, 5.41) is 0. The Labute approximate surface area is 88.2 Å². The molecule has 0 bridgehead atoms. The Morgan fingerprint density at radius 2 is 2.17 bits per heavy atom. The molecule has 3 heteroatoms. The molecule has 0 heterocycles. The van der Waals surface area contributed by atoms with Crippen LogP contribution in [0.1, 0.15) is 11.1 Å². The third-order valence-corrected chi connectivity index (χ3v) is 3.06. The summed E-state index contributed by atoms with van der Waals surface area (Å²) in [5.41, 5.74) is 2.65. The standard InChI is InChI=1S/C9H10S3/c1-7-4-2-3-5-8(7)6-12-9(10)11/h2-5H,6H2,1H3,(H,10,11). The van der Waals surface area contributed by atoms with Gasteiger partial charge in [-0.25, -0.2) is 0 Å². The van der Waals surface area contributed by atoms with E-state index in [0.717, 1.165) is 5.75 Å². The lowest BCUT2D eigenvalue weighted by Crippen LogP contribution is -1.86. The lowest BCUT2D eigenvalue weighted by Gasteiger charge is -2.02. The molecule has 0 amide bonds. The van der Waals surface area contributed by atoms with Crippen molar-refractivity contribution in [3.63, 3.8) is 0 Å². The van der Waals surface area contributed by atoms with E-state index in [1.165, 1.54) is 11.1 Å². The Balaban J connectivity index is 2.63. The van der Waals surface area contributed by atoms with Gasteiger partial charge in [0.15, 0.2) is 0 Å². The van der Waals surface area contributed by atoms with Crippen molar-refractivity contribution in [3.8, 4) is 0 Å². The number of aryl methyl sites for hydroxylation is 1. The number of benzene rings is 1. The van der Waals surface area contributed by atoms with Crippen LogP contribution >= 0.6 is 36.6 Å². The van der Waals surface area contributed by atoms with Gasteiger partial charge in [-0.1, -0.05) is 36.5 Å². The second-order valence-electron chi connectivity index (χ2n) is 2.48. The highest BCUT2D eigenvalue weighted by atomic mass is 32.2. The highest BCUT2D eigenvalue weighted by molar-refractivity contribution is 8.41. The maximum Gasteiger partial charge on any atom is 0.101 e. The van der Waals surface area contributed by atoms with Gasteiger partial charge in [0.2, 0.25) is 0 Å². The fourth-order valence-electron chi connectivity index (χ4n) is 0.912. The Morgan fingerprint density at radius 1 is 1.50 bits per heavy atom. The number of rotatable bonds is 2. The zero-order valence-electron chi connectivity index (χ0n) is 6.78. The first-order chi connectivity index (χ1) is 5.70. The summed E-state index contributed by atoms with van der Waals surface area (Å²) >= 11 is 10.5. The normalized spacial score (nSPS) is 9.83. The minimum Gasteiger partial charge on any atom is -0.125 e. The summed E-state index contributed by atoms with van der Waals surface area (Å²) in [7, 11) is 0. The molecule has 12 heavy (non-hydrogen) atoms. The zero-order chi connectivity index (χ0) is 8.97. The highest BCUT2D eigenvalue weighted by Gasteiger charge is 1.97. The minimum atomic E-state index is 0.707. The maximum absolute atomic E-state index is 4.87. The van der Waals surface area contributed by atoms with Crippen LogP contribution in [0, 0.1) is 6.92 Å². The lowest BCUT2D eigenvalue weighted by atomic mass is 10.1. The molecule has 0 aliphatic carbocycles. The van der Waals surface area contributed by atoms with Crippen LogP contribution in [0.4, 0.5) is 0 Å². The number of thiocarbonyl (C=S) groups is 1. The molecule has 0 saturated heterocycles. The van der Waals surface area contributed by atoms with E-state index in [0.29, 0.717) is 3.53 Å². The second-order valence-corrected chi connectivity index (χ2v) is 5.19. The van der Waals surface area contributed by atoms with E-state index in [1.807, 2.05) is 12.1 Å². The lowest BCUT2D eigenvalue weighted by molar-refractivity contribution is 1.31. The Hall–Kier alpha value is 0.01000. The monoisotopic (exact) mass is 214 g/mol. The average molecular weight is 214 g/mol. The first-order valence-electron chi connectivity index (χ1n) is 3.60. The van der Waals surface area contributed by atoms with Crippen molar-refractivity contribution >= 4 is 40.1 Å². The quantitative estimate of drug-likeness (QED) is 0.591. The van der Waals surface area contributed by atoms with Gasteiger partial charge in [0.05, 0.1) is 0 Å². The molecule has 0 aromatic heterocycles. The molecule has 0 aliphatic rings. The third kappa shape index (κ3) is 3.17. The van der Waals surface area contributed by atoms with Crippen LogP contribution in [0.3, 0.4) is 0 Å². The van der Waals surface area contributed by atoms with Gasteiger partial charge >= 0.3 is 0 Å². The predicted molar refractivity (Wildman–Crippen MR) is 64.1 cm³/mol. The molecule has 0 spiro atoms. The first kappa shape index (κ1) is 10.1. The SMILES string of the molecule is Cc1ccccc1CSC(=S)S. The van der Waals surface area contributed by atoms with Crippen molar-refractivity contribution in [1.29, 1.82) is 0 Å². The van der Waals surface area contributed by atoms with Gasteiger partial charge in [-0.05, 0) is 18.1 Å². The van der Waals surface area contributed by atoms with E-state index in [-0.39, 0.29) is 0 Å². The zero-order valence-corrected chi connectivity index (χ0v) is 9.31. The molecule has 0 unspecified atom stereocenters. The van der Waals surface area contributed by atoms with Gasteiger partial charge in [-0.15, -0.1) is 24.4 Å². The molecule has 0 fully saturated rings. The molecule has 0 radical (unpaired) electrons. The second kappa shape index (κ2) is 4.90. The number of thiol groups is 1. The van der Waals surface area contributed by atoms with Crippen molar-refractivity contribution in [2.24, 2.45) is 0 Å². The summed E-state index contributed by atoms with van der Waals surface area (Å²) in [4.78, 5) is 0. The summed E-state index contributed by atoms with van der Waals surface area (Å²) in [6.45, 7) is 2.11. The summed E-state index contributed by atoms with van der Waals surface area (Å²) in [6, 6.07) is 8.32. The predicted octanol–water partition coefficient (Wildman–Crippen LogP) is 3.44. The molecular formula is C9H10S3. The topological polar surface area (TPSA) is 0 Å². The van der Waals surface area contributed by atoms with Crippen LogP contribution in [-0.4, -0.2) is 3.53 Å². The average Bonchev–Trinajstić information content (AvgIpc) is 2.03. The number of hydrogen-bond donors (Lipinski definition) is 1.